The van der Waals surface area contributed by atoms with Crippen molar-refractivity contribution in [3.63, 3.8) is 0 Å². The van der Waals surface area contributed by atoms with Crippen molar-refractivity contribution < 1.29 is 9.90 Å². The molecule has 1 atom stereocenters. The van der Waals surface area contributed by atoms with Crippen LogP contribution in [0.1, 0.15) is 23.2 Å². The van der Waals surface area contributed by atoms with E-state index in [0.717, 1.165) is 38.0 Å². The maximum absolute atomic E-state index is 12.5. The van der Waals surface area contributed by atoms with Crippen molar-refractivity contribution in [3.05, 3.63) is 53.2 Å². The van der Waals surface area contributed by atoms with E-state index in [1.165, 1.54) is 0 Å². The van der Waals surface area contributed by atoms with Crippen LogP contribution in [0.25, 0.3) is 11.3 Å². The highest BCUT2D eigenvalue weighted by atomic mass is 35.5. The Balaban J connectivity index is 1.57. The highest BCUT2D eigenvalue weighted by Crippen LogP contribution is 2.25. The average molecular weight is 374 g/mol. The predicted molar refractivity (Wildman–Crippen MR) is 103 cm³/mol. The number of amides is 1. The van der Waals surface area contributed by atoms with Crippen LogP contribution in [-0.2, 0) is 0 Å². The van der Waals surface area contributed by atoms with Crippen molar-refractivity contribution in [2.75, 3.05) is 32.8 Å². The lowest BCUT2D eigenvalue weighted by atomic mass is 9.99. The third-order valence-electron chi connectivity index (χ3n) is 4.73. The summed E-state index contributed by atoms with van der Waals surface area (Å²) in [6.07, 6.45) is 3.88. The Kier molecular flexibility index (Phi) is 6.61. The van der Waals surface area contributed by atoms with Gasteiger partial charge in [0.15, 0.2) is 0 Å². The Hall–Kier alpha value is -1.95. The summed E-state index contributed by atoms with van der Waals surface area (Å²) in [5, 5.41) is 12.8. The molecule has 0 unspecified atom stereocenters. The first kappa shape index (κ1) is 18.8. The van der Waals surface area contributed by atoms with Crippen LogP contribution in [0.2, 0.25) is 5.02 Å². The molecular formula is C20H24ClN3O2. The number of rotatable bonds is 6. The minimum atomic E-state index is -0.102. The smallest absolute Gasteiger partial charge is 0.251 e. The predicted octanol–water partition coefficient (Wildman–Crippen LogP) is 2.84. The number of nitrogens with zero attached hydrogens (tertiary/aromatic N) is 2. The van der Waals surface area contributed by atoms with E-state index in [1.54, 1.807) is 24.4 Å². The Morgan fingerprint density at radius 3 is 3.04 bits per heavy atom. The normalized spacial score (nSPS) is 17.8. The van der Waals surface area contributed by atoms with Crippen LogP contribution >= 0.6 is 11.6 Å². The molecule has 0 saturated carbocycles. The zero-order valence-corrected chi connectivity index (χ0v) is 15.5. The molecule has 0 bridgehead atoms. The molecule has 0 radical (unpaired) electrons. The van der Waals surface area contributed by atoms with Gasteiger partial charge in [0.1, 0.15) is 0 Å². The third-order valence-corrected chi connectivity index (χ3v) is 5.04. The van der Waals surface area contributed by atoms with Gasteiger partial charge in [-0.1, -0.05) is 23.7 Å². The average Bonchev–Trinajstić information content (AvgIpc) is 2.68. The van der Waals surface area contributed by atoms with Crippen molar-refractivity contribution >= 4 is 17.5 Å². The monoisotopic (exact) mass is 373 g/mol. The number of benzene rings is 1. The zero-order chi connectivity index (χ0) is 18.4. The number of carbonyl (C=O) groups excluding carboxylic acids is 1. The Labute approximate surface area is 159 Å². The molecular weight excluding hydrogens is 350 g/mol. The number of piperidine rings is 1. The first-order valence-electron chi connectivity index (χ1n) is 8.99. The molecule has 1 aromatic heterocycles. The van der Waals surface area contributed by atoms with Gasteiger partial charge < -0.3 is 15.3 Å². The molecule has 2 heterocycles. The van der Waals surface area contributed by atoms with E-state index in [-0.39, 0.29) is 12.5 Å². The van der Waals surface area contributed by atoms with Gasteiger partial charge in [0, 0.05) is 43.6 Å². The number of hydrogen-bond acceptors (Lipinski definition) is 4. The fourth-order valence-electron chi connectivity index (χ4n) is 3.34. The number of aromatic nitrogens is 1. The Bertz CT molecular complexity index is 753. The number of aliphatic hydroxyl groups excluding tert-OH is 1. The summed E-state index contributed by atoms with van der Waals surface area (Å²) in [6.45, 7) is 3.56. The van der Waals surface area contributed by atoms with Crippen molar-refractivity contribution in [2.24, 2.45) is 5.92 Å². The number of carbonyl (C=O) groups is 1. The van der Waals surface area contributed by atoms with E-state index in [2.05, 4.69) is 15.2 Å². The second kappa shape index (κ2) is 9.12. The van der Waals surface area contributed by atoms with Crippen molar-refractivity contribution in [3.8, 4) is 11.3 Å². The minimum absolute atomic E-state index is 0.102. The van der Waals surface area contributed by atoms with Gasteiger partial charge in [0.2, 0.25) is 0 Å². The molecule has 138 valence electrons. The fourth-order valence-corrected chi connectivity index (χ4v) is 3.57. The molecule has 26 heavy (non-hydrogen) atoms. The van der Waals surface area contributed by atoms with Gasteiger partial charge in [-0.2, -0.15) is 0 Å². The Morgan fingerprint density at radius 2 is 2.23 bits per heavy atom. The molecule has 1 aliphatic heterocycles. The number of hydrogen-bond donors (Lipinski definition) is 2. The summed E-state index contributed by atoms with van der Waals surface area (Å²) in [4.78, 5) is 19.0. The number of nitrogens with one attached hydrogen (secondary N) is 1. The van der Waals surface area contributed by atoms with Crippen LogP contribution in [0.5, 0.6) is 0 Å². The van der Waals surface area contributed by atoms with Crippen LogP contribution in [0.4, 0.5) is 0 Å². The SMILES string of the molecule is O=C(NCCN1CCC[C@@H](CO)C1)c1cccc(-c2ncccc2Cl)c1. The lowest BCUT2D eigenvalue weighted by molar-refractivity contribution is 0.0930. The van der Waals surface area contributed by atoms with E-state index in [1.807, 2.05) is 18.2 Å². The molecule has 6 heteroatoms. The molecule has 1 fully saturated rings. The summed E-state index contributed by atoms with van der Waals surface area (Å²) in [5.74, 6) is 0.258. The maximum Gasteiger partial charge on any atom is 0.251 e. The molecule has 1 saturated heterocycles. The topological polar surface area (TPSA) is 65.5 Å². The summed E-state index contributed by atoms with van der Waals surface area (Å²) in [6, 6.07) is 10.9. The number of aliphatic hydroxyl groups is 1. The van der Waals surface area contributed by atoms with Crippen LogP contribution in [-0.4, -0.2) is 53.7 Å². The molecule has 1 aliphatic rings. The number of halogens is 1. The number of likely N-dealkylation sites (tertiary alicyclic amines) is 1. The minimum Gasteiger partial charge on any atom is -0.396 e. The van der Waals surface area contributed by atoms with Gasteiger partial charge in [-0.15, -0.1) is 0 Å². The summed E-state index contributed by atoms with van der Waals surface area (Å²) >= 11 is 6.20. The van der Waals surface area contributed by atoms with E-state index >= 15 is 0 Å². The summed E-state index contributed by atoms with van der Waals surface area (Å²) in [5.41, 5.74) is 2.09. The Morgan fingerprint density at radius 1 is 1.35 bits per heavy atom. The molecule has 0 spiro atoms. The lowest BCUT2D eigenvalue weighted by Crippen LogP contribution is -2.41. The standard InChI is InChI=1S/C20H24ClN3O2/c21-18-7-2-8-22-19(18)16-5-1-6-17(12-16)20(26)23-9-11-24-10-3-4-15(13-24)14-25/h1-2,5-8,12,15,25H,3-4,9-11,13-14H2,(H,23,26)/t15-/m1/s1. The summed E-state index contributed by atoms with van der Waals surface area (Å²) < 4.78 is 0. The van der Waals surface area contributed by atoms with Gasteiger partial charge in [-0.05, 0) is 49.6 Å². The second-order valence-corrected chi connectivity index (χ2v) is 7.07. The maximum atomic E-state index is 12.5. The summed E-state index contributed by atoms with van der Waals surface area (Å²) in [7, 11) is 0. The van der Waals surface area contributed by atoms with Gasteiger partial charge in [0.05, 0.1) is 10.7 Å². The fraction of sp³-hybridized carbons (Fsp3) is 0.400. The van der Waals surface area contributed by atoms with Gasteiger partial charge in [-0.25, -0.2) is 0 Å². The zero-order valence-electron chi connectivity index (χ0n) is 14.7. The molecule has 0 aliphatic carbocycles. The molecule has 1 amide bonds. The van der Waals surface area contributed by atoms with Crippen LogP contribution in [0, 0.1) is 5.92 Å². The van der Waals surface area contributed by atoms with E-state index in [4.69, 9.17) is 11.6 Å². The molecule has 2 N–H and O–H groups in total. The molecule has 2 aromatic rings. The number of pyridine rings is 1. The molecule has 1 aromatic carbocycles. The van der Waals surface area contributed by atoms with Crippen molar-refractivity contribution in [2.45, 2.75) is 12.8 Å². The first-order chi connectivity index (χ1) is 12.7. The van der Waals surface area contributed by atoms with Crippen LogP contribution in [0.3, 0.4) is 0 Å². The van der Waals surface area contributed by atoms with Crippen LogP contribution in [0.15, 0.2) is 42.6 Å². The molecule has 3 rings (SSSR count). The van der Waals surface area contributed by atoms with Crippen LogP contribution < -0.4 is 5.32 Å². The highest BCUT2D eigenvalue weighted by molar-refractivity contribution is 6.33. The third kappa shape index (κ3) is 4.81. The van der Waals surface area contributed by atoms with Crippen molar-refractivity contribution in [1.82, 2.24) is 15.2 Å². The van der Waals surface area contributed by atoms with Gasteiger partial charge >= 0.3 is 0 Å². The van der Waals surface area contributed by atoms with E-state index in [9.17, 15) is 9.90 Å². The van der Waals surface area contributed by atoms with Gasteiger partial charge in [0.25, 0.3) is 5.91 Å². The highest BCUT2D eigenvalue weighted by Gasteiger charge is 2.19. The first-order valence-corrected chi connectivity index (χ1v) is 9.37. The van der Waals surface area contributed by atoms with Gasteiger partial charge in [-0.3, -0.25) is 9.78 Å². The van der Waals surface area contributed by atoms with E-state index < -0.39 is 0 Å². The molecule has 5 nitrogen and oxygen atoms in total. The quantitative estimate of drug-likeness (QED) is 0.817. The second-order valence-electron chi connectivity index (χ2n) is 6.66. The van der Waals surface area contributed by atoms with Crippen molar-refractivity contribution in [1.29, 1.82) is 0 Å². The van der Waals surface area contributed by atoms with E-state index in [0.29, 0.717) is 28.7 Å². The lowest BCUT2D eigenvalue weighted by Gasteiger charge is -2.31. The largest absolute Gasteiger partial charge is 0.396 e.